The minimum absolute atomic E-state index is 0. The van der Waals surface area contributed by atoms with E-state index in [0.29, 0.717) is 24.5 Å². The fourth-order valence-electron chi connectivity index (χ4n) is 5.94. The molecule has 210 valence electrons. The first-order valence-electron chi connectivity index (χ1n) is 13.1. The Labute approximate surface area is 228 Å². The van der Waals surface area contributed by atoms with Gasteiger partial charge in [0.1, 0.15) is 0 Å². The molecule has 2 aliphatic heterocycles. The van der Waals surface area contributed by atoms with Crippen LogP contribution in [0.25, 0.3) is 0 Å². The van der Waals surface area contributed by atoms with E-state index in [1.807, 2.05) is 0 Å². The van der Waals surface area contributed by atoms with Gasteiger partial charge in [-0.3, -0.25) is 25.2 Å². The Balaban J connectivity index is 0.00000324. The van der Waals surface area contributed by atoms with Crippen molar-refractivity contribution < 1.29 is 19.4 Å². The molecule has 3 aliphatic rings. The smallest absolute Gasteiger partial charge is 0.305 e. The number of halogens is 2. The Kier molecular flexibility index (Phi) is 14.0. The van der Waals surface area contributed by atoms with Crippen molar-refractivity contribution in [3.63, 3.8) is 0 Å². The minimum Gasteiger partial charge on any atom is -0.481 e. The van der Waals surface area contributed by atoms with E-state index in [9.17, 15) is 9.59 Å². The number of hydrogen-bond donors (Lipinski definition) is 4. The van der Waals surface area contributed by atoms with Crippen LogP contribution in [0, 0.1) is 10.8 Å². The highest BCUT2D eigenvalue weighted by molar-refractivity contribution is 5.99. The van der Waals surface area contributed by atoms with Crippen molar-refractivity contribution in [1.82, 2.24) is 15.1 Å². The SMILES string of the molecule is CC1(C)CCCC(N2CCCC[C@H]2CCOC2CCN(C(=N)NC(=O)C(N)CC(=O)O)CC2)C1.Cl.Cl. The number of nitrogens with one attached hydrogen (secondary N) is 2. The van der Waals surface area contributed by atoms with E-state index in [4.69, 9.17) is 21.0 Å². The molecule has 3 rings (SSSR count). The average Bonchev–Trinajstić information content (AvgIpc) is 2.78. The Morgan fingerprint density at radius 1 is 1.11 bits per heavy atom. The van der Waals surface area contributed by atoms with Crippen LogP contribution in [0.2, 0.25) is 0 Å². The highest BCUT2D eigenvalue weighted by Gasteiger charge is 2.35. The molecule has 0 bridgehead atoms. The van der Waals surface area contributed by atoms with Gasteiger partial charge in [-0.2, -0.15) is 0 Å². The Morgan fingerprint density at radius 2 is 1.81 bits per heavy atom. The summed E-state index contributed by atoms with van der Waals surface area (Å²) >= 11 is 0. The lowest BCUT2D eigenvalue weighted by molar-refractivity contribution is -0.139. The maximum atomic E-state index is 12.0. The molecule has 3 fully saturated rings. The number of guanidine groups is 1. The van der Waals surface area contributed by atoms with Crippen LogP contribution in [-0.4, -0.2) is 83.2 Å². The first-order chi connectivity index (χ1) is 16.1. The maximum Gasteiger partial charge on any atom is 0.305 e. The number of carboxylic acids is 1. The molecule has 0 aromatic heterocycles. The number of ether oxygens (including phenoxy) is 1. The predicted molar refractivity (Wildman–Crippen MR) is 146 cm³/mol. The summed E-state index contributed by atoms with van der Waals surface area (Å²) in [5.41, 5.74) is 6.04. The zero-order chi connectivity index (χ0) is 24.7. The second-order valence-corrected chi connectivity index (χ2v) is 11.2. The van der Waals surface area contributed by atoms with E-state index >= 15 is 0 Å². The monoisotopic (exact) mass is 551 g/mol. The molecule has 0 aromatic rings. The van der Waals surface area contributed by atoms with Crippen molar-refractivity contribution >= 4 is 42.7 Å². The first kappa shape index (κ1) is 32.9. The topological polar surface area (TPSA) is 132 Å². The third-order valence-corrected chi connectivity index (χ3v) is 7.86. The van der Waals surface area contributed by atoms with Gasteiger partial charge in [-0.25, -0.2) is 0 Å². The fraction of sp³-hybridized carbons (Fsp3) is 0.880. The van der Waals surface area contributed by atoms with Gasteiger partial charge in [0.2, 0.25) is 5.91 Å². The summed E-state index contributed by atoms with van der Waals surface area (Å²) in [6.07, 6.45) is 11.7. The van der Waals surface area contributed by atoms with Crippen molar-refractivity contribution in [2.45, 2.75) is 109 Å². The molecule has 0 radical (unpaired) electrons. The van der Waals surface area contributed by atoms with Crippen LogP contribution in [-0.2, 0) is 14.3 Å². The number of hydrogen-bond acceptors (Lipinski definition) is 6. The molecule has 1 saturated carbocycles. The van der Waals surface area contributed by atoms with Gasteiger partial charge in [0.05, 0.1) is 18.6 Å². The van der Waals surface area contributed by atoms with Crippen molar-refractivity contribution in [2.24, 2.45) is 11.1 Å². The number of piperidine rings is 2. The average molecular weight is 553 g/mol. The molecule has 9 nitrogen and oxygen atoms in total. The number of nitrogens with two attached hydrogens (primary N) is 1. The summed E-state index contributed by atoms with van der Waals surface area (Å²) in [7, 11) is 0. The van der Waals surface area contributed by atoms with Crippen LogP contribution in [0.1, 0.15) is 84.5 Å². The lowest BCUT2D eigenvalue weighted by atomic mass is 9.74. The summed E-state index contributed by atoms with van der Waals surface area (Å²) in [4.78, 5) is 27.3. The normalized spacial score (nSPS) is 25.7. The number of carbonyl (C=O) groups is 2. The van der Waals surface area contributed by atoms with Crippen LogP contribution in [0.3, 0.4) is 0 Å². The molecule has 1 aliphatic carbocycles. The molecule has 2 heterocycles. The lowest BCUT2D eigenvalue weighted by Crippen LogP contribution is -2.52. The molecule has 0 spiro atoms. The van der Waals surface area contributed by atoms with Gasteiger partial charge >= 0.3 is 5.97 Å². The summed E-state index contributed by atoms with van der Waals surface area (Å²) in [6, 6.07) is 0.200. The van der Waals surface area contributed by atoms with E-state index in [1.165, 1.54) is 51.5 Å². The number of nitrogens with zero attached hydrogens (tertiary/aromatic N) is 2. The summed E-state index contributed by atoms with van der Waals surface area (Å²) < 4.78 is 6.26. The molecule has 2 saturated heterocycles. The second-order valence-electron chi connectivity index (χ2n) is 11.2. The number of carbonyl (C=O) groups excluding carboxylic acids is 1. The Bertz CT molecular complexity index is 719. The predicted octanol–water partition coefficient (Wildman–Crippen LogP) is 3.38. The number of likely N-dealkylation sites (tertiary alicyclic amines) is 2. The minimum atomic E-state index is -1.15. The van der Waals surface area contributed by atoms with Crippen LogP contribution in [0.4, 0.5) is 0 Å². The van der Waals surface area contributed by atoms with E-state index < -0.39 is 24.3 Å². The standard InChI is InChI=1S/C25H45N5O4.2ClH/c1-25(2)11-5-7-19(17-25)30-12-4-3-6-18(30)10-15-34-20-8-13-29(14-9-20)24(27)28-23(33)21(26)16-22(31)32;;/h18-21H,3-17,26H2,1-2H3,(H,31,32)(H2,27,28,33);2*1H/t18-,19?,21?;;/m0../s1. The summed E-state index contributed by atoms with van der Waals surface area (Å²) in [5.74, 6) is -1.78. The van der Waals surface area contributed by atoms with E-state index in [0.717, 1.165) is 31.9 Å². The zero-order valence-electron chi connectivity index (χ0n) is 21.9. The van der Waals surface area contributed by atoms with Gasteiger partial charge in [0.25, 0.3) is 0 Å². The summed E-state index contributed by atoms with van der Waals surface area (Å²) in [6.45, 7) is 8.11. The lowest BCUT2D eigenvalue weighted by Gasteiger charge is -2.46. The third kappa shape index (κ3) is 9.97. The van der Waals surface area contributed by atoms with Gasteiger partial charge in [0.15, 0.2) is 5.96 Å². The molecule has 1 amide bonds. The maximum absolute atomic E-state index is 12.0. The van der Waals surface area contributed by atoms with Gasteiger partial charge < -0.3 is 20.5 Å². The van der Waals surface area contributed by atoms with Gasteiger partial charge in [-0.15, -0.1) is 24.8 Å². The molecule has 11 heteroatoms. The van der Waals surface area contributed by atoms with Gasteiger partial charge in [-0.1, -0.05) is 26.7 Å². The van der Waals surface area contributed by atoms with Crippen LogP contribution in [0.5, 0.6) is 0 Å². The van der Waals surface area contributed by atoms with Crippen molar-refractivity contribution in [3.05, 3.63) is 0 Å². The van der Waals surface area contributed by atoms with Crippen LogP contribution < -0.4 is 11.1 Å². The highest BCUT2D eigenvalue weighted by atomic mass is 35.5. The zero-order valence-corrected chi connectivity index (χ0v) is 23.5. The quantitative estimate of drug-likeness (QED) is 0.268. The van der Waals surface area contributed by atoms with Crippen molar-refractivity contribution in [2.75, 3.05) is 26.2 Å². The van der Waals surface area contributed by atoms with Crippen LogP contribution in [0.15, 0.2) is 0 Å². The van der Waals surface area contributed by atoms with Gasteiger partial charge in [0, 0.05) is 31.8 Å². The van der Waals surface area contributed by atoms with Crippen LogP contribution >= 0.6 is 24.8 Å². The molecule has 36 heavy (non-hydrogen) atoms. The number of aliphatic carboxylic acids is 1. The third-order valence-electron chi connectivity index (χ3n) is 7.86. The highest BCUT2D eigenvalue weighted by Crippen LogP contribution is 2.39. The van der Waals surface area contributed by atoms with E-state index in [1.54, 1.807) is 4.90 Å². The van der Waals surface area contributed by atoms with Crippen molar-refractivity contribution in [3.8, 4) is 0 Å². The molecule has 2 unspecified atom stereocenters. The second kappa shape index (κ2) is 15.3. The largest absolute Gasteiger partial charge is 0.481 e. The molecule has 0 aromatic carbocycles. The van der Waals surface area contributed by atoms with E-state index in [-0.39, 0.29) is 36.9 Å². The first-order valence-corrected chi connectivity index (χ1v) is 13.1. The number of carboxylic acid groups (broad SMARTS) is 1. The van der Waals surface area contributed by atoms with E-state index in [2.05, 4.69) is 24.1 Å². The molecule has 3 atom stereocenters. The van der Waals surface area contributed by atoms with Crippen molar-refractivity contribution in [1.29, 1.82) is 5.41 Å². The Morgan fingerprint density at radius 3 is 2.44 bits per heavy atom. The molecule has 5 N–H and O–H groups in total. The fourth-order valence-corrected chi connectivity index (χ4v) is 5.94. The molecular formula is C25H47Cl2N5O4. The Hall–Kier alpha value is -1.13. The summed E-state index contributed by atoms with van der Waals surface area (Å²) in [5, 5.41) is 19.3. The number of rotatable bonds is 8. The van der Waals surface area contributed by atoms with Gasteiger partial charge in [-0.05, 0) is 63.3 Å². The number of amides is 1. The molecular weight excluding hydrogens is 505 g/mol.